The number of carbonyl (C=O) groups excluding carboxylic acids is 1. The number of amides is 1. The number of benzene rings is 3. The van der Waals surface area contributed by atoms with E-state index in [9.17, 15) is 13.2 Å². The molecule has 3 aromatic rings. The van der Waals surface area contributed by atoms with Crippen molar-refractivity contribution in [1.82, 2.24) is 9.62 Å². The van der Waals surface area contributed by atoms with E-state index in [4.69, 9.17) is 4.74 Å². The van der Waals surface area contributed by atoms with Crippen LogP contribution in [0, 0.1) is 0 Å². The Balaban J connectivity index is 1.61. The predicted octanol–water partition coefficient (Wildman–Crippen LogP) is 3.55. The number of sulfonamides is 1. The first kappa shape index (κ1) is 21.3. The number of likely N-dealkylation sites (N-methyl/N-ethyl adjacent to an activating group) is 1. The van der Waals surface area contributed by atoms with Crippen LogP contribution in [0.1, 0.15) is 5.56 Å². The maximum absolute atomic E-state index is 12.6. The number of carbonyl (C=O) groups is 1. The van der Waals surface area contributed by atoms with Crippen molar-refractivity contribution in [3.05, 3.63) is 70.7 Å². The summed E-state index contributed by atoms with van der Waals surface area (Å²) in [5.41, 5.74) is 0.925. The molecule has 0 aliphatic heterocycles. The third-order valence-corrected chi connectivity index (χ3v) is 6.84. The van der Waals surface area contributed by atoms with Gasteiger partial charge in [-0.2, -0.15) is 4.31 Å². The van der Waals surface area contributed by atoms with Crippen LogP contribution in [0.5, 0.6) is 5.75 Å². The molecule has 0 atom stereocenters. The van der Waals surface area contributed by atoms with Gasteiger partial charge < -0.3 is 10.1 Å². The van der Waals surface area contributed by atoms with E-state index in [-0.39, 0.29) is 17.3 Å². The van der Waals surface area contributed by atoms with E-state index in [1.807, 2.05) is 36.4 Å². The number of methoxy groups -OCH3 is 1. The van der Waals surface area contributed by atoms with Crippen molar-refractivity contribution in [2.24, 2.45) is 0 Å². The van der Waals surface area contributed by atoms with E-state index < -0.39 is 10.0 Å². The molecule has 152 valence electrons. The molecular formula is C21H21BrN2O4S. The summed E-state index contributed by atoms with van der Waals surface area (Å²) in [5, 5.41) is 4.85. The average molecular weight is 477 g/mol. The fourth-order valence-electron chi connectivity index (χ4n) is 2.84. The number of hydrogen-bond donors (Lipinski definition) is 1. The Morgan fingerprint density at radius 2 is 1.69 bits per heavy atom. The SMILES string of the molecule is COc1ccc2cc(CNC(=O)CN(C)S(=O)(=O)c3ccc(Br)cc3)ccc2c1. The maximum atomic E-state index is 12.6. The van der Waals surface area contributed by atoms with Gasteiger partial charge in [0, 0.05) is 18.1 Å². The van der Waals surface area contributed by atoms with Crippen molar-refractivity contribution in [3.63, 3.8) is 0 Å². The first-order chi connectivity index (χ1) is 13.8. The number of rotatable bonds is 7. The lowest BCUT2D eigenvalue weighted by atomic mass is 10.1. The molecule has 0 bridgehead atoms. The number of halogens is 1. The molecule has 6 nitrogen and oxygen atoms in total. The van der Waals surface area contributed by atoms with Crippen LogP contribution in [0.25, 0.3) is 10.8 Å². The molecule has 0 radical (unpaired) electrons. The van der Waals surface area contributed by atoms with Gasteiger partial charge in [0.1, 0.15) is 5.75 Å². The molecule has 0 spiro atoms. The van der Waals surface area contributed by atoms with Gasteiger partial charge in [0.15, 0.2) is 0 Å². The van der Waals surface area contributed by atoms with Crippen LogP contribution in [-0.2, 0) is 21.4 Å². The summed E-state index contributed by atoms with van der Waals surface area (Å²) in [7, 11) is -0.716. The van der Waals surface area contributed by atoms with Crippen LogP contribution >= 0.6 is 15.9 Å². The monoisotopic (exact) mass is 476 g/mol. The molecule has 0 saturated carbocycles. The van der Waals surface area contributed by atoms with Crippen LogP contribution in [0.3, 0.4) is 0 Å². The Morgan fingerprint density at radius 3 is 2.38 bits per heavy atom. The lowest BCUT2D eigenvalue weighted by Crippen LogP contribution is -2.38. The highest BCUT2D eigenvalue weighted by Crippen LogP contribution is 2.22. The third kappa shape index (κ3) is 5.14. The minimum atomic E-state index is -3.73. The van der Waals surface area contributed by atoms with Gasteiger partial charge in [-0.25, -0.2) is 8.42 Å². The number of fused-ring (bicyclic) bond motifs is 1. The zero-order valence-electron chi connectivity index (χ0n) is 16.1. The van der Waals surface area contributed by atoms with Crippen LogP contribution in [0.2, 0.25) is 0 Å². The van der Waals surface area contributed by atoms with Gasteiger partial charge in [-0.05, 0) is 58.8 Å². The molecule has 3 aromatic carbocycles. The van der Waals surface area contributed by atoms with Gasteiger partial charge in [-0.3, -0.25) is 4.79 Å². The first-order valence-corrected chi connectivity index (χ1v) is 11.1. The molecular weight excluding hydrogens is 456 g/mol. The van der Waals surface area contributed by atoms with Gasteiger partial charge in [0.25, 0.3) is 0 Å². The van der Waals surface area contributed by atoms with Crippen molar-refractivity contribution >= 4 is 42.6 Å². The summed E-state index contributed by atoms with van der Waals surface area (Å²) in [4.78, 5) is 12.4. The Labute approximate surface area is 178 Å². The Bertz CT molecular complexity index is 1130. The second-order valence-electron chi connectivity index (χ2n) is 6.54. The summed E-state index contributed by atoms with van der Waals surface area (Å²) in [6.07, 6.45) is 0. The normalized spacial score (nSPS) is 11.6. The molecule has 0 aliphatic carbocycles. The Kier molecular flexibility index (Phi) is 6.56. The van der Waals surface area contributed by atoms with E-state index in [1.165, 1.54) is 19.2 Å². The van der Waals surface area contributed by atoms with Crippen molar-refractivity contribution in [3.8, 4) is 5.75 Å². The topological polar surface area (TPSA) is 75.7 Å². The van der Waals surface area contributed by atoms with Crippen molar-refractivity contribution in [2.45, 2.75) is 11.4 Å². The third-order valence-electron chi connectivity index (χ3n) is 4.49. The quantitative estimate of drug-likeness (QED) is 0.565. The van der Waals surface area contributed by atoms with Crippen LogP contribution in [-0.4, -0.2) is 39.3 Å². The predicted molar refractivity (Wildman–Crippen MR) is 116 cm³/mol. The Hall–Kier alpha value is -2.42. The number of hydrogen-bond acceptors (Lipinski definition) is 4. The number of nitrogens with zero attached hydrogens (tertiary/aromatic N) is 1. The zero-order chi connectivity index (χ0) is 21.0. The lowest BCUT2D eigenvalue weighted by Gasteiger charge is -2.17. The summed E-state index contributed by atoms with van der Waals surface area (Å²) in [5.74, 6) is 0.414. The van der Waals surface area contributed by atoms with Gasteiger partial charge in [0.05, 0.1) is 18.6 Å². The molecule has 1 amide bonds. The number of ether oxygens (including phenoxy) is 1. The highest BCUT2D eigenvalue weighted by atomic mass is 79.9. The lowest BCUT2D eigenvalue weighted by molar-refractivity contribution is -0.121. The zero-order valence-corrected chi connectivity index (χ0v) is 18.5. The van der Waals surface area contributed by atoms with Crippen LogP contribution in [0.4, 0.5) is 0 Å². The maximum Gasteiger partial charge on any atom is 0.243 e. The highest BCUT2D eigenvalue weighted by molar-refractivity contribution is 9.10. The minimum absolute atomic E-state index is 0.140. The van der Waals surface area contributed by atoms with Crippen LogP contribution in [0.15, 0.2) is 70.0 Å². The summed E-state index contributed by atoms with van der Waals surface area (Å²) in [6, 6.07) is 17.9. The molecule has 29 heavy (non-hydrogen) atoms. The van der Waals surface area contributed by atoms with Crippen molar-refractivity contribution < 1.29 is 17.9 Å². The van der Waals surface area contributed by atoms with E-state index in [0.717, 1.165) is 30.9 Å². The average Bonchev–Trinajstić information content (AvgIpc) is 2.72. The highest BCUT2D eigenvalue weighted by Gasteiger charge is 2.22. The number of nitrogens with one attached hydrogen (secondary N) is 1. The molecule has 0 aliphatic rings. The largest absolute Gasteiger partial charge is 0.497 e. The molecule has 0 saturated heterocycles. The summed E-state index contributed by atoms with van der Waals surface area (Å²) < 4.78 is 32.2. The molecule has 1 N–H and O–H groups in total. The van der Waals surface area contributed by atoms with E-state index in [2.05, 4.69) is 21.2 Å². The van der Waals surface area contributed by atoms with Gasteiger partial charge in [-0.15, -0.1) is 0 Å². The van der Waals surface area contributed by atoms with Crippen molar-refractivity contribution in [2.75, 3.05) is 20.7 Å². The smallest absolute Gasteiger partial charge is 0.243 e. The van der Waals surface area contributed by atoms with E-state index in [1.54, 1.807) is 19.2 Å². The summed E-state index contributed by atoms with van der Waals surface area (Å²) in [6.45, 7) is 0.0517. The minimum Gasteiger partial charge on any atom is -0.497 e. The first-order valence-electron chi connectivity index (χ1n) is 8.85. The van der Waals surface area contributed by atoms with Crippen molar-refractivity contribution in [1.29, 1.82) is 0 Å². The Morgan fingerprint density at radius 1 is 1.03 bits per heavy atom. The van der Waals surface area contributed by atoms with Gasteiger partial charge >= 0.3 is 0 Å². The molecule has 0 fully saturated rings. The molecule has 0 unspecified atom stereocenters. The van der Waals surface area contributed by atoms with E-state index in [0.29, 0.717) is 6.54 Å². The molecule has 0 aromatic heterocycles. The van der Waals surface area contributed by atoms with Crippen LogP contribution < -0.4 is 10.1 Å². The van der Waals surface area contributed by atoms with E-state index >= 15 is 0 Å². The fourth-order valence-corrected chi connectivity index (χ4v) is 4.23. The summed E-state index contributed by atoms with van der Waals surface area (Å²) >= 11 is 3.28. The molecule has 8 heteroatoms. The van der Waals surface area contributed by atoms with Gasteiger partial charge in [0.2, 0.25) is 15.9 Å². The fraction of sp³-hybridized carbons (Fsp3) is 0.190. The van der Waals surface area contributed by atoms with Gasteiger partial charge in [-0.1, -0.05) is 34.1 Å². The second-order valence-corrected chi connectivity index (χ2v) is 9.50. The second kappa shape index (κ2) is 8.94. The molecule has 3 rings (SSSR count). The molecule has 0 heterocycles. The standard InChI is InChI=1S/C21H21BrN2O4S/c1-24(29(26,27)20-9-6-18(22)7-10-20)14-21(25)23-13-15-3-4-17-12-19(28-2)8-5-16(17)11-15/h3-12H,13-14H2,1-2H3,(H,23,25).